The first-order chi connectivity index (χ1) is 19.9. The summed E-state index contributed by atoms with van der Waals surface area (Å²) in [5, 5.41) is 11.7. The molecule has 7 nitrogen and oxygen atoms in total. The van der Waals surface area contributed by atoms with Gasteiger partial charge in [0.1, 0.15) is 11.5 Å². The standard InChI is InChI=1S/C33H21ClN2O5/c34-25-11-5-4-10-24(25)30(37)29-28(20-13-16-21(17-14-20)36(40)41)33(31(38)22-8-2-3-9-23(22)32(33)39)27-18-15-19-7-1-6-12-26(19)35(27)29/h1-18,27-29H/t27-,28+,29-/m1/s1. The number of carbonyl (C=O) groups is 3. The molecule has 1 saturated heterocycles. The van der Waals surface area contributed by atoms with Gasteiger partial charge >= 0.3 is 0 Å². The molecule has 2 aliphatic heterocycles. The summed E-state index contributed by atoms with van der Waals surface area (Å²) in [6.07, 6.45) is 3.72. The minimum atomic E-state index is -1.69. The lowest BCUT2D eigenvalue weighted by Gasteiger charge is -2.37. The average molecular weight is 561 g/mol. The van der Waals surface area contributed by atoms with Crippen LogP contribution in [0.3, 0.4) is 0 Å². The highest BCUT2D eigenvalue weighted by molar-refractivity contribution is 6.35. The van der Waals surface area contributed by atoms with Crippen molar-refractivity contribution in [2.24, 2.45) is 5.41 Å². The first-order valence-corrected chi connectivity index (χ1v) is 13.5. The highest BCUT2D eigenvalue weighted by Gasteiger charge is 2.71. The molecule has 0 bridgehead atoms. The van der Waals surface area contributed by atoms with E-state index in [4.69, 9.17) is 11.6 Å². The van der Waals surface area contributed by atoms with Gasteiger partial charge in [0, 0.05) is 40.4 Å². The van der Waals surface area contributed by atoms with Crippen LogP contribution in [0.1, 0.15) is 48.1 Å². The Balaban J connectivity index is 1.55. The predicted molar refractivity (Wildman–Crippen MR) is 155 cm³/mol. The third-order valence-electron chi connectivity index (χ3n) is 8.58. The Labute approximate surface area is 239 Å². The van der Waals surface area contributed by atoms with Gasteiger partial charge in [0.15, 0.2) is 17.3 Å². The van der Waals surface area contributed by atoms with Crippen molar-refractivity contribution in [3.63, 3.8) is 0 Å². The van der Waals surface area contributed by atoms with Gasteiger partial charge in [0.05, 0.1) is 16.0 Å². The Bertz CT molecular complexity index is 1790. The Morgan fingerprint density at radius 3 is 2.10 bits per heavy atom. The van der Waals surface area contributed by atoms with E-state index in [1.165, 1.54) is 12.1 Å². The zero-order valence-electron chi connectivity index (χ0n) is 21.4. The molecule has 3 atom stereocenters. The molecule has 0 radical (unpaired) electrons. The van der Waals surface area contributed by atoms with E-state index in [0.29, 0.717) is 22.4 Å². The minimum absolute atomic E-state index is 0.134. The molecule has 0 N–H and O–H groups in total. The fourth-order valence-electron chi connectivity index (χ4n) is 6.91. The van der Waals surface area contributed by atoms with E-state index in [9.17, 15) is 24.5 Å². The van der Waals surface area contributed by atoms with Gasteiger partial charge in [-0.05, 0) is 29.3 Å². The zero-order chi connectivity index (χ0) is 28.5. The van der Waals surface area contributed by atoms with E-state index in [0.717, 1.165) is 5.56 Å². The van der Waals surface area contributed by atoms with Crippen LogP contribution < -0.4 is 4.90 Å². The summed E-state index contributed by atoms with van der Waals surface area (Å²) in [7, 11) is 0. The molecule has 0 unspecified atom stereocenters. The van der Waals surface area contributed by atoms with Gasteiger partial charge in [0.2, 0.25) is 0 Å². The summed E-state index contributed by atoms with van der Waals surface area (Å²) in [6, 6.07) is 24.9. The quantitative estimate of drug-likeness (QED) is 0.121. The van der Waals surface area contributed by atoms with Crippen LogP contribution in [0.2, 0.25) is 5.02 Å². The summed E-state index contributed by atoms with van der Waals surface area (Å²) in [5.41, 5.74) is 1.10. The normalized spacial score (nSPS) is 21.5. The Kier molecular flexibility index (Phi) is 5.56. The van der Waals surface area contributed by atoms with Crippen LogP contribution in [0.5, 0.6) is 0 Å². The number of non-ortho nitro benzene ring substituents is 1. The molecule has 0 amide bonds. The van der Waals surface area contributed by atoms with Crippen LogP contribution in [0.25, 0.3) is 6.08 Å². The average Bonchev–Trinajstić information content (AvgIpc) is 3.43. The number of Topliss-reactive ketones (excluding diaryl/α,β-unsaturated/α-hetero) is 3. The topological polar surface area (TPSA) is 97.6 Å². The molecule has 1 fully saturated rings. The molecule has 1 spiro atoms. The van der Waals surface area contributed by atoms with Crippen molar-refractivity contribution >= 4 is 46.4 Å². The van der Waals surface area contributed by atoms with Gasteiger partial charge < -0.3 is 4.90 Å². The van der Waals surface area contributed by atoms with Crippen LogP contribution in [-0.2, 0) is 0 Å². The van der Waals surface area contributed by atoms with Gasteiger partial charge in [-0.3, -0.25) is 24.5 Å². The molecule has 200 valence electrons. The van der Waals surface area contributed by atoms with E-state index in [-0.39, 0.29) is 33.6 Å². The number of fused-ring (bicyclic) bond motifs is 5. The molecule has 7 rings (SSSR count). The third-order valence-corrected chi connectivity index (χ3v) is 8.91. The number of nitro groups is 1. The fourth-order valence-corrected chi connectivity index (χ4v) is 7.14. The number of rotatable bonds is 4. The van der Waals surface area contributed by atoms with Crippen molar-refractivity contribution in [2.45, 2.75) is 18.0 Å². The lowest BCUT2D eigenvalue weighted by atomic mass is 9.64. The maximum Gasteiger partial charge on any atom is 0.269 e. The van der Waals surface area contributed by atoms with E-state index in [2.05, 4.69) is 0 Å². The van der Waals surface area contributed by atoms with Gasteiger partial charge in [-0.1, -0.05) is 90.5 Å². The molecular weight excluding hydrogens is 540 g/mol. The van der Waals surface area contributed by atoms with Crippen molar-refractivity contribution in [2.75, 3.05) is 4.90 Å². The first kappa shape index (κ1) is 25.1. The molecule has 3 aliphatic rings. The number of nitrogens with zero attached hydrogens (tertiary/aromatic N) is 2. The van der Waals surface area contributed by atoms with Crippen LogP contribution in [0.15, 0.2) is 103 Å². The van der Waals surface area contributed by atoms with Crippen molar-refractivity contribution in [3.8, 4) is 0 Å². The van der Waals surface area contributed by atoms with Gasteiger partial charge in [0.25, 0.3) is 5.69 Å². The monoisotopic (exact) mass is 560 g/mol. The number of ketones is 3. The number of nitro benzene ring substituents is 1. The number of anilines is 1. The summed E-state index contributed by atoms with van der Waals surface area (Å²) < 4.78 is 0. The van der Waals surface area contributed by atoms with Gasteiger partial charge in [-0.25, -0.2) is 0 Å². The van der Waals surface area contributed by atoms with Gasteiger partial charge in [-0.2, -0.15) is 0 Å². The molecule has 8 heteroatoms. The van der Waals surface area contributed by atoms with Crippen molar-refractivity contribution in [1.29, 1.82) is 0 Å². The maximum absolute atomic E-state index is 14.6. The Hall–Kier alpha value is -4.88. The lowest BCUT2D eigenvalue weighted by molar-refractivity contribution is -0.384. The van der Waals surface area contributed by atoms with Gasteiger partial charge in [-0.15, -0.1) is 0 Å². The molecule has 0 aromatic heterocycles. The molecular formula is C33H21ClN2O5. The second-order valence-corrected chi connectivity index (χ2v) is 10.9. The highest BCUT2D eigenvalue weighted by Crippen LogP contribution is 2.61. The van der Waals surface area contributed by atoms with Crippen LogP contribution >= 0.6 is 11.6 Å². The first-order valence-electron chi connectivity index (χ1n) is 13.1. The second kappa shape index (κ2) is 9.08. The van der Waals surface area contributed by atoms with Crippen molar-refractivity contribution in [1.82, 2.24) is 0 Å². The third kappa shape index (κ3) is 3.36. The molecule has 4 aromatic rings. The molecule has 41 heavy (non-hydrogen) atoms. The summed E-state index contributed by atoms with van der Waals surface area (Å²) in [4.78, 5) is 56.7. The van der Waals surface area contributed by atoms with Crippen molar-refractivity contribution < 1.29 is 19.3 Å². The smallest absolute Gasteiger partial charge is 0.269 e. The fraction of sp³-hybridized carbons (Fsp3) is 0.121. The maximum atomic E-state index is 14.6. The van der Waals surface area contributed by atoms with Crippen LogP contribution in [0.4, 0.5) is 11.4 Å². The van der Waals surface area contributed by atoms with Crippen LogP contribution in [-0.4, -0.2) is 34.4 Å². The van der Waals surface area contributed by atoms with E-state index >= 15 is 0 Å². The minimum Gasteiger partial charge on any atom is -0.352 e. The number of carbonyl (C=O) groups excluding carboxylic acids is 3. The molecule has 2 heterocycles. The molecule has 0 saturated carbocycles. The molecule has 1 aliphatic carbocycles. The Morgan fingerprint density at radius 2 is 1.44 bits per heavy atom. The summed E-state index contributed by atoms with van der Waals surface area (Å²) in [5.74, 6) is -2.05. The summed E-state index contributed by atoms with van der Waals surface area (Å²) >= 11 is 6.54. The van der Waals surface area contributed by atoms with Crippen LogP contribution in [0, 0.1) is 15.5 Å². The molecule has 4 aromatic carbocycles. The summed E-state index contributed by atoms with van der Waals surface area (Å²) in [6.45, 7) is 0. The lowest BCUT2D eigenvalue weighted by Crippen LogP contribution is -2.48. The predicted octanol–water partition coefficient (Wildman–Crippen LogP) is 6.56. The van der Waals surface area contributed by atoms with Crippen molar-refractivity contribution in [3.05, 3.63) is 146 Å². The Morgan fingerprint density at radius 1 is 0.829 bits per heavy atom. The number of hydrogen-bond donors (Lipinski definition) is 0. The zero-order valence-corrected chi connectivity index (χ0v) is 22.2. The largest absolute Gasteiger partial charge is 0.352 e. The number of benzene rings is 4. The number of halogens is 1. The van der Waals surface area contributed by atoms with E-state index in [1.807, 2.05) is 41.3 Å². The highest BCUT2D eigenvalue weighted by atomic mass is 35.5. The SMILES string of the molecule is O=C(c1ccccc1Cl)[C@H]1[C@H](c2ccc([N+](=O)[O-])cc2)C2(C(=O)c3ccccc3C2=O)[C@H]2C=Cc3ccccc3N12. The number of para-hydroxylation sites is 1. The van der Waals surface area contributed by atoms with E-state index in [1.54, 1.807) is 60.7 Å². The number of hydrogen-bond acceptors (Lipinski definition) is 6. The van der Waals surface area contributed by atoms with E-state index < -0.39 is 28.3 Å². The second-order valence-electron chi connectivity index (χ2n) is 10.5.